The van der Waals surface area contributed by atoms with Crippen molar-refractivity contribution in [3.8, 4) is 22.6 Å². The molecule has 1 saturated heterocycles. The Hall–Kier alpha value is -4.12. The minimum atomic E-state index is -0.330. The Morgan fingerprint density at radius 2 is 1.57 bits per heavy atom. The quantitative estimate of drug-likeness (QED) is 0.114. The number of carbonyl (C=O) groups is 1. The Morgan fingerprint density at radius 3 is 2.21 bits per heavy atom. The van der Waals surface area contributed by atoms with E-state index in [0.29, 0.717) is 20.6 Å². The summed E-state index contributed by atoms with van der Waals surface area (Å²) in [6, 6.07) is 27.5. The zero-order valence-corrected chi connectivity index (χ0v) is 25.7. The van der Waals surface area contributed by atoms with Gasteiger partial charge in [-0.05, 0) is 55.2 Å². The average molecular weight is 610 g/mol. The minimum Gasteiger partial charge on any atom is -0.283 e. The smallest absolute Gasteiger partial charge is 0.283 e. The van der Waals surface area contributed by atoms with Gasteiger partial charge in [0.25, 0.3) is 11.5 Å². The monoisotopic (exact) mass is 609 g/mol. The van der Waals surface area contributed by atoms with E-state index in [4.69, 9.17) is 17.3 Å². The van der Waals surface area contributed by atoms with Crippen LogP contribution in [0.5, 0.6) is 0 Å². The van der Waals surface area contributed by atoms with E-state index in [1.165, 1.54) is 21.6 Å². The lowest BCUT2D eigenvalue weighted by Crippen LogP contribution is -2.33. The van der Waals surface area contributed by atoms with Crippen molar-refractivity contribution in [1.29, 1.82) is 0 Å². The molecule has 0 aliphatic carbocycles. The van der Waals surface area contributed by atoms with Crippen LogP contribution in [0.2, 0.25) is 0 Å². The number of amides is 1. The Bertz CT molecular complexity index is 1890. The van der Waals surface area contributed by atoms with Crippen molar-refractivity contribution in [1.82, 2.24) is 19.1 Å². The standard InChI is InChI=1S/C32H27N5O2S3/c1-4-41-26-17-15-22(16-18-26)28-23(20-35(33-28)24-11-7-5-8-12-24)19-27-30(38)36(32(40)42-27)29-21(2)34(3)37(31(29)39)25-13-9-6-10-14-25/h5-20H,4H2,1-3H3/b27-19-. The lowest BCUT2D eigenvalue weighted by Gasteiger charge is -2.12. The van der Waals surface area contributed by atoms with Gasteiger partial charge in [-0.15, -0.1) is 11.8 Å². The molecule has 0 N–H and O–H groups in total. The van der Waals surface area contributed by atoms with Crippen LogP contribution in [0.15, 0.2) is 106 Å². The molecule has 1 fully saturated rings. The van der Waals surface area contributed by atoms with Crippen LogP contribution < -0.4 is 10.5 Å². The highest BCUT2D eigenvalue weighted by Crippen LogP contribution is 2.38. The fraction of sp³-hybridized carbons (Fsp3) is 0.125. The third-order valence-electron chi connectivity index (χ3n) is 7.03. The molecule has 0 saturated carbocycles. The van der Waals surface area contributed by atoms with E-state index in [-0.39, 0.29) is 17.2 Å². The summed E-state index contributed by atoms with van der Waals surface area (Å²) in [4.78, 5) is 30.5. The molecular formula is C32H27N5O2S3. The molecule has 0 radical (unpaired) electrons. The summed E-state index contributed by atoms with van der Waals surface area (Å²) in [5.74, 6) is 0.663. The van der Waals surface area contributed by atoms with E-state index in [9.17, 15) is 9.59 Å². The molecule has 7 nitrogen and oxygen atoms in total. The van der Waals surface area contributed by atoms with Gasteiger partial charge < -0.3 is 0 Å². The van der Waals surface area contributed by atoms with Crippen LogP contribution in [0.25, 0.3) is 28.7 Å². The number of anilines is 1. The molecule has 1 aliphatic heterocycles. The predicted molar refractivity (Wildman–Crippen MR) is 177 cm³/mol. The SMILES string of the molecule is CCSc1ccc(-c2nn(-c3ccccc3)cc2/C=C2\SC(=S)N(c3c(C)n(C)n(-c4ccccc4)c3=O)C2=O)cc1. The number of aromatic nitrogens is 4. The van der Waals surface area contributed by atoms with Gasteiger partial charge in [0.1, 0.15) is 5.69 Å². The van der Waals surface area contributed by atoms with Crippen LogP contribution in [0.4, 0.5) is 5.69 Å². The molecule has 3 aromatic carbocycles. The third-order valence-corrected chi connectivity index (χ3v) is 9.23. The largest absolute Gasteiger partial charge is 0.296 e. The van der Waals surface area contributed by atoms with Gasteiger partial charge in [-0.3, -0.25) is 19.2 Å². The Balaban J connectivity index is 1.42. The summed E-state index contributed by atoms with van der Waals surface area (Å²) in [5, 5.41) is 4.91. The topological polar surface area (TPSA) is 65.1 Å². The van der Waals surface area contributed by atoms with Gasteiger partial charge in [0, 0.05) is 29.3 Å². The molecule has 1 amide bonds. The lowest BCUT2D eigenvalue weighted by atomic mass is 10.1. The summed E-state index contributed by atoms with van der Waals surface area (Å²) in [7, 11) is 1.80. The van der Waals surface area contributed by atoms with Gasteiger partial charge in [0.15, 0.2) is 4.32 Å². The predicted octanol–water partition coefficient (Wildman–Crippen LogP) is 6.85. The number of thiocarbonyl (C=S) groups is 1. The first-order valence-electron chi connectivity index (χ1n) is 13.4. The number of para-hydroxylation sites is 2. The lowest BCUT2D eigenvalue weighted by molar-refractivity contribution is -0.113. The molecular weight excluding hydrogens is 583 g/mol. The number of nitrogens with zero attached hydrogens (tertiary/aromatic N) is 5. The van der Waals surface area contributed by atoms with Crippen LogP contribution in [-0.2, 0) is 11.8 Å². The van der Waals surface area contributed by atoms with Gasteiger partial charge in [0.05, 0.1) is 27.7 Å². The van der Waals surface area contributed by atoms with Gasteiger partial charge in [-0.25, -0.2) is 9.36 Å². The van der Waals surface area contributed by atoms with E-state index in [2.05, 4.69) is 31.2 Å². The van der Waals surface area contributed by atoms with Crippen molar-refractivity contribution in [3.63, 3.8) is 0 Å². The summed E-state index contributed by atoms with van der Waals surface area (Å²) < 4.78 is 5.43. The molecule has 5 aromatic rings. The molecule has 0 spiro atoms. The zero-order valence-electron chi connectivity index (χ0n) is 23.2. The third kappa shape index (κ3) is 5.06. The summed E-state index contributed by atoms with van der Waals surface area (Å²) in [6.07, 6.45) is 3.74. The highest BCUT2D eigenvalue weighted by molar-refractivity contribution is 8.27. The molecule has 42 heavy (non-hydrogen) atoms. The van der Waals surface area contributed by atoms with Gasteiger partial charge in [0.2, 0.25) is 0 Å². The minimum absolute atomic E-state index is 0.261. The number of thioether (sulfide) groups is 2. The maximum atomic E-state index is 13.9. The van der Waals surface area contributed by atoms with Crippen LogP contribution in [0, 0.1) is 6.92 Å². The summed E-state index contributed by atoms with van der Waals surface area (Å²) in [5.41, 5.74) is 4.69. The Morgan fingerprint density at radius 1 is 0.929 bits per heavy atom. The van der Waals surface area contributed by atoms with E-state index >= 15 is 0 Å². The van der Waals surface area contributed by atoms with E-state index in [1.807, 2.05) is 84.5 Å². The number of carbonyl (C=O) groups excluding carboxylic acids is 1. The highest BCUT2D eigenvalue weighted by Gasteiger charge is 2.38. The van der Waals surface area contributed by atoms with Gasteiger partial charge in [-0.2, -0.15) is 5.10 Å². The molecule has 10 heteroatoms. The second-order valence-electron chi connectivity index (χ2n) is 9.60. The molecule has 210 valence electrons. The maximum absolute atomic E-state index is 13.9. The Labute approximate surface area is 257 Å². The fourth-order valence-corrected chi connectivity index (χ4v) is 6.84. The van der Waals surface area contributed by atoms with Crippen molar-refractivity contribution in [3.05, 3.63) is 118 Å². The first-order chi connectivity index (χ1) is 20.4. The number of rotatable bonds is 7. The van der Waals surface area contributed by atoms with Gasteiger partial charge in [-0.1, -0.05) is 79.4 Å². The van der Waals surface area contributed by atoms with E-state index < -0.39 is 0 Å². The van der Waals surface area contributed by atoms with Gasteiger partial charge >= 0.3 is 0 Å². The molecule has 0 unspecified atom stereocenters. The maximum Gasteiger partial charge on any atom is 0.296 e. The first-order valence-corrected chi connectivity index (χ1v) is 15.6. The second kappa shape index (κ2) is 11.6. The summed E-state index contributed by atoms with van der Waals surface area (Å²) >= 11 is 8.64. The van der Waals surface area contributed by atoms with E-state index in [0.717, 1.165) is 28.3 Å². The van der Waals surface area contributed by atoms with Crippen LogP contribution in [-0.4, -0.2) is 35.1 Å². The second-order valence-corrected chi connectivity index (χ2v) is 12.6. The molecule has 0 atom stereocenters. The molecule has 1 aliphatic rings. The van der Waals surface area contributed by atoms with Crippen LogP contribution >= 0.6 is 35.7 Å². The van der Waals surface area contributed by atoms with Crippen molar-refractivity contribution < 1.29 is 4.79 Å². The van der Waals surface area contributed by atoms with Crippen molar-refractivity contribution >= 4 is 57.7 Å². The number of hydrogen-bond acceptors (Lipinski definition) is 6. The number of benzene rings is 3. The van der Waals surface area contributed by atoms with Crippen LogP contribution in [0.1, 0.15) is 18.2 Å². The van der Waals surface area contributed by atoms with Crippen molar-refractivity contribution in [2.75, 3.05) is 10.7 Å². The zero-order chi connectivity index (χ0) is 29.4. The Kier molecular flexibility index (Phi) is 7.76. The highest BCUT2D eigenvalue weighted by atomic mass is 32.2. The average Bonchev–Trinajstić information content (AvgIpc) is 3.62. The fourth-order valence-electron chi connectivity index (χ4n) is 4.92. The molecule has 2 aromatic heterocycles. The van der Waals surface area contributed by atoms with Crippen molar-refractivity contribution in [2.24, 2.45) is 7.05 Å². The molecule has 6 rings (SSSR count). The van der Waals surface area contributed by atoms with Crippen molar-refractivity contribution in [2.45, 2.75) is 18.7 Å². The van der Waals surface area contributed by atoms with E-state index in [1.54, 1.807) is 28.2 Å². The van der Waals surface area contributed by atoms with Crippen LogP contribution in [0.3, 0.4) is 0 Å². The molecule has 3 heterocycles. The first kappa shape index (κ1) is 28.0. The summed E-state index contributed by atoms with van der Waals surface area (Å²) in [6.45, 7) is 3.95. The normalized spacial score (nSPS) is 14.4. The number of hydrogen-bond donors (Lipinski definition) is 0. The molecule has 0 bridgehead atoms.